The van der Waals surface area contributed by atoms with Crippen molar-refractivity contribution in [3.05, 3.63) is 120 Å². The first-order valence-electron chi connectivity index (χ1n) is 8.16. The molecule has 24 heavy (non-hydrogen) atoms. The van der Waals surface area contributed by atoms with E-state index in [-0.39, 0.29) is 0 Å². The van der Waals surface area contributed by atoms with Crippen molar-refractivity contribution in [1.29, 1.82) is 0 Å². The zero-order chi connectivity index (χ0) is 16.2. The quantitative estimate of drug-likeness (QED) is 0.527. The molecule has 1 atom stereocenters. The van der Waals surface area contributed by atoms with Gasteiger partial charge in [0.15, 0.2) is 0 Å². The molecule has 0 nitrogen and oxygen atoms in total. The topological polar surface area (TPSA) is 0 Å². The molecule has 1 aliphatic rings. The van der Waals surface area contributed by atoms with Gasteiger partial charge in [0.05, 0.1) is 0 Å². The van der Waals surface area contributed by atoms with Crippen LogP contribution >= 0.6 is 0 Å². The van der Waals surface area contributed by atoms with Gasteiger partial charge >= 0.3 is 150 Å². The molecule has 0 bridgehead atoms. The molecule has 0 radical (unpaired) electrons. The molecule has 4 rings (SSSR count). The minimum atomic E-state index is 0.390. The second-order valence-electron chi connectivity index (χ2n) is 5.81. The van der Waals surface area contributed by atoms with Crippen LogP contribution in [0.4, 0.5) is 0 Å². The molecule has 1 aliphatic heterocycles. The third-order valence-electron chi connectivity index (χ3n) is 4.16. The van der Waals surface area contributed by atoms with E-state index in [1.54, 1.807) is 0 Å². The van der Waals surface area contributed by atoms with E-state index in [2.05, 4.69) is 103 Å². The van der Waals surface area contributed by atoms with Gasteiger partial charge in [-0.25, -0.2) is 0 Å². The van der Waals surface area contributed by atoms with Gasteiger partial charge in [-0.15, -0.1) is 0 Å². The Balaban J connectivity index is 1.79. The number of allylic oxidation sites excluding steroid dienone is 3. The molecule has 1 heteroatoms. The van der Waals surface area contributed by atoms with Crippen LogP contribution in [0.3, 0.4) is 0 Å². The van der Waals surface area contributed by atoms with Crippen LogP contribution in [0.25, 0.3) is 10.0 Å². The molecule has 0 fully saturated rings. The summed E-state index contributed by atoms with van der Waals surface area (Å²) in [7, 11) is 0. The van der Waals surface area contributed by atoms with Crippen molar-refractivity contribution in [3.63, 3.8) is 0 Å². The van der Waals surface area contributed by atoms with Gasteiger partial charge < -0.3 is 0 Å². The molecule has 0 amide bonds. The Morgan fingerprint density at radius 3 is 1.75 bits per heavy atom. The van der Waals surface area contributed by atoms with Gasteiger partial charge in [0, 0.05) is 0 Å². The van der Waals surface area contributed by atoms with Crippen LogP contribution in [-0.4, -0.2) is 15.0 Å². The van der Waals surface area contributed by atoms with E-state index in [4.69, 9.17) is 0 Å². The van der Waals surface area contributed by atoms with Gasteiger partial charge in [0.25, 0.3) is 0 Å². The van der Waals surface area contributed by atoms with Crippen molar-refractivity contribution in [2.24, 2.45) is 0 Å². The summed E-state index contributed by atoms with van der Waals surface area (Å²) in [6.07, 6.45) is 4.82. The molecular formula is C23H18Se. The predicted octanol–water partition coefficient (Wildman–Crippen LogP) is 5.57. The molecule has 0 N–H and O–H groups in total. The molecule has 0 aromatic heterocycles. The zero-order valence-electron chi connectivity index (χ0n) is 13.3. The Morgan fingerprint density at radius 2 is 1.12 bits per heavy atom. The average Bonchev–Trinajstić information content (AvgIpc) is 2.70. The summed E-state index contributed by atoms with van der Waals surface area (Å²) in [5, 5.41) is 0. The van der Waals surface area contributed by atoms with Gasteiger partial charge in [-0.3, -0.25) is 0 Å². The Bertz CT molecular complexity index is 862. The Hall–Kier alpha value is -2.34. The Morgan fingerprint density at radius 1 is 0.583 bits per heavy atom. The fraction of sp³-hybridized carbons (Fsp3) is 0.0435. The normalized spacial score (nSPS) is 17.1. The van der Waals surface area contributed by atoms with Gasteiger partial charge in [0.2, 0.25) is 0 Å². The van der Waals surface area contributed by atoms with E-state index in [0.717, 1.165) is 0 Å². The molecule has 0 saturated carbocycles. The second kappa shape index (κ2) is 7.05. The van der Waals surface area contributed by atoms with Crippen LogP contribution in [0, 0.1) is 0 Å². The Kier molecular flexibility index (Phi) is 4.46. The summed E-state index contributed by atoms with van der Waals surface area (Å²) >= 11 is 0.390. The first-order valence-corrected chi connectivity index (χ1v) is 10.0. The maximum atomic E-state index is 2.44. The van der Waals surface area contributed by atoms with E-state index in [1.165, 1.54) is 26.7 Å². The van der Waals surface area contributed by atoms with Gasteiger partial charge in [-0.2, -0.15) is 0 Å². The molecule has 3 aromatic rings. The standard InChI is InChI=1S/C23H18Se/c1-4-10-18(11-5-1)21-16-22(19-12-6-2-7-13-19)24-23(17-21)20-14-8-3-9-15-20/h1-17,22H. The van der Waals surface area contributed by atoms with Crippen molar-refractivity contribution in [2.45, 2.75) is 4.82 Å². The molecule has 3 aromatic carbocycles. The summed E-state index contributed by atoms with van der Waals surface area (Å²) in [6, 6.07) is 32.4. The van der Waals surface area contributed by atoms with Crippen molar-refractivity contribution in [3.8, 4) is 0 Å². The molecule has 116 valence electrons. The average molecular weight is 373 g/mol. The summed E-state index contributed by atoms with van der Waals surface area (Å²) in [5.41, 5.74) is 5.38. The summed E-state index contributed by atoms with van der Waals surface area (Å²) in [6.45, 7) is 0. The second-order valence-corrected chi connectivity index (χ2v) is 8.29. The predicted molar refractivity (Wildman–Crippen MR) is 104 cm³/mol. The van der Waals surface area contributed by atoms with Crippen molar-refractivity contribution in [2.75, 3.05) is 0 Å². The van der Waals surface area contributed by atoms with Gasteiger partial charge in [-0.05, 0) is 0 Å². The summed E-state index contributed by atoms with van der Waals surface area (Å²) in [4.78, 5) is 0.481. The first kappa shape index (κ1) is 15.2. The third-order valence-corrected chi connectivity index (χ3v) is 6.83. The third kappa shape index (κ3) is 3.28. The van der Waals surface area contributed by atoms with Crippen molar-refractivity contribution < 1.29 is 0 Å². The maximum absolute atomic E-state index is 2.44. The van der Waals surface area contributed by atoms with E-state index < -0.39 is 0 Å². The summed E-state index contributed by atoms with van der Waals surface area (Å²) in [5.74, 6) is 0. The molecule has 0 aliphatic carbocycles. The van der Waals surface area contributed by atoms with Crippen molar-refractivity contribution >= 4 is 25.0 Å². The van der Waals surface area contributed by atoms with Crippen LogP contribution in [0.15, 0.2) is 103 Å². The van der Waals surface area contributed by atoms with E-state index >= 15 is 0 Å². The Labute approximate surface area is 149 Å². The fourth-order valence-electron chi connectivity index (χ4n) is 2.93. The first-order chi connectivity index (χ1) is 11.9. The minimum absolute atomic E-state index is 0.390. The van der Waals surface area contributed by atoms with Crippen LogP contribution in [-0.2, 0) is 0 Å². The van der Waals surface area contributed by atoms with Gasteiger partial charge in [-0.1, -0.05) is 0 Å². The zero-order valence-corrected chi connectivity index (χ0v) is 15.0. The van der Waals surface area contributed by atoms with Crippen LogP contribution in [0.1, 0.15) is 21.5 Å². The number of hydrogen-bond donors (Lipinski definition) is 0. The monoisotopic (exact) mass is 374 g/mol. The van der Waals surface area contributed by atoms with E-state index in [9.17, 15) is 0 Å². The molecule has 0 spiro atoms. The van der Waals surface area contributed by atoms with Gasteiger partial charge in [0.1, 0.15) is 0 Å². The van der Waals surface area contributed by atoms with E-state index in [1.807, 2.05) is 0 Å². The summed E-state index contributed by atoms with van der Waals surface area (Å²) < 4.78 is 1.47. The molecule has 1 heterocycles. The van der Waals surface area contributed by atoms with E-state index in [0.29, 0.717) is 19.8 Å². The molecule has 0 saturated heterocycles. The molecule has 1 unspecified atom stereocenters. The number of benzene rings is 3. The van der Waals surface area contributed by atoms with Crippen LogP contribution in [0.2, 0.25) is 0 Å². The number of rotatable bonds is 3. The SMILES string of the molecule is C1=C(c2ccccc2)C=C(c2ccccc2)[Se]C1c1ccccc1. The van der Waals surface area contributed by atoms with Crippen molar-refractivity contribution in [1.82, 2.24) is 0 Å². The van der Waals surface area contributed by atoms with Crippen LogP contribution in [0.5, 0.6) is 0 Å². The van der Waals surface area contributed by atoms with Crippen LogP contribution < -0.4 is 0 Å². The number of hydrogen-bond acceptors (Lipinski definition) is 0. The molecular weight excluding hydrogens is 355 g/mol. The fourth-order valence-corrected chi connectivity index (χ4v) is 5.55.